The van der Waals surface area contributed by atoms with Crippen molar-refractivity contribution in [2.75, 3.05) is 6.61 Å². The number of fused-ring (bicyclic) bond motifs is 1. The Kier molecular flexibility index (Phi) is 6.40. The molecular weight excluding hydrogens is 450 g/mol. The Balaban J connectivity index is 1.51. The quantitative estimate of drug-likeness (QED) is 0.319. The van der Waals surface area contributed by atoms with Crippen molar-refractivity contribution in [1.82, 2.24) is 19.3 Å². The zero-order valence-corrected chi connectivity index (χ0v) is 20.0. The van der Waals surface area contributed by atoms with Gasteiger partial charge >= 0.3 is 0 Å². The van der Waals surface area contributed by atoms with Crippen molar-refractivity contribution in [3.05, 3.63) is 86.6 Å². The zero-order chi connectivity index (χ0) is 25.3. The van der Waals surface area contributed by atoms with Crippen LogP contribution in [0.5, 0.6) is 5.75 Å². The SMILES string of the molecule is Cc1cc(C(C)(C)C)ccc1OC[C@H](O)Cn1cnc2c(cnn2-c2ccccc2[N+](=O)[O-])c1=O. The lowest BCUT2D eigenvalue weighted by atomic mass is 9.86. The Morgan fingerprint density at radius 1 is 1.20 bits per heavy atom. The van der Waals surface area contributed by atoms with E-state index in [1.54, 1.807) is 12.1 Å². The predicted molar refractivity (Wildman–Crippen MR) is 131 cm³/mol. The molecule has 35 heavy (non-hydrogen) atoms. The van der Waals surface area contributed by atoms with E-state index in [9.17, 15) is 20.0 Å². The molecular formula is C25H27N5O5. The number of para-hydroxylation sites is 2. The Morgan fingerprint density at radius 3 is 2.63 bits per heavy atom. The fraction of sp³-hybridized carbons (Fsp3) is 0.320. The zero-order valence-electron chi connectivity index (χ0n) is 20.0. The highest BCUT2D eigenvalue weighted by molar-refractivity contribution is 5.76. The van der Waals surface area contributed by atoms with Crippen LogP contribution < -0.4 is 10.3 Å². The summed E-state index contributed by atoms with van der Waals surface area (Å²) < 4.78 is 8.34. The van der Waals surface area contributed by atoms with Gasteiger partial charge in [-0.3, -0.25) is 19.5 Å². The first-order valence-corrected chi connectivity index (χ1v) is 11.1. The van der Waals surface area contributed by atoms with E-state index >= 15 is 0 Å². The van der Waals surface area contributed by atoms with E-state index in [-0.39, 0.29) is 41.0 Å². The minimum absolute atomic E-state index is 0.00431. The molecule has 0 aliphatic heterocycles. The first-order valence-electron chi connectivity index (χ1n) is 11.1. The lowest BCUT2D eigenvalue weighted by Crippen LogP contribution is -2.30. The maximum atomic E-state index is 13.0. The number of nitro groups is 1. The van der Waals surface area contributed by atoms with Gasteiger partial charge in [-0.05, 0) is 35.6 Å². The van der Waals surface area contributed by atoms with Crippen LogP contribution in [0.2, 0.25) is 0 Å². The number of ether oxygens (including phenoxy) is 1. The summed E-state index contributed by atoms with van der Waals surface area (Å²) in [5.41, 5.74) is 2.02. The van der Waals surface area contributed by atoms with E-state index in [4.69, 9.17) is 4.74 Å². The molecule has 0 saturated carbocycles. The van der Waals surface area contributed by atoms with Gasteiger partial charge in [-0.15, -0.1) is 0 Å². The van der Waals surface area contributed by atoms with Crippen LogP contribution in [0.4, 0.5) is 5.69 Å². The number of nitro benzene ring substituents is 1. The molecule has 2 aromatic heterocycles. The van der Waals surface area contributed by atoms with Crippen molar-refractivity contribution in [3.63, 3.8) is 0 Å². The molecule has 10 heteroatoms. The third-order valence-electron chi connectivity index (χ3n) is 5.74. The average molecular weight is 478 g/mol. The molecule has 0 amide bonds. The molecule has 0 aliphatic rings. The average Bonchev–Trinajstić information content (AvgIpc) is 3.24. The fourth-order valence-corrected chi connectivity index (χ4v) is 3.80. The van der Waals surface area contributed by atoms with Crippen LogP contribution in [-0.2, 0) is 12.0 Å². The number of aliphatic hydroxyl groups is 1. The number of aryl methyl sites for hydroxylation is 1. The van der Waals surface area contributed by atoms with Crippen molar-refractivity contribution in [3.8, 4) is 11.4 Å². The molecule has 0 unspecified atom stereocenters. The van der Waals surface area contributed by atoms with E-state index in [1.165, 1.54) is 39.5 Å². The number of rotatable bonds is 7. The Morgan fingerprint density at radius 2 is 1.94 bits per heavy atom. The molecule has 0 aliphatic carbocycles. The molecule has 0 bridgehead atoms. The molecule has 4 aromatic rings. The number of hydrogen-bond donors (Lipinski definition) is 1. The van der Waals surface area contributed by atoms with E-state index < -0.39 is 16.6 Å². The summed E-state index contributed by atoms with van der Waals surface area (Å²) in [5.74, 6) is 0.670. The van der Waals surface area contributed by atoms with Gasteiger partial charge in [0.15, 0.2) is 5.65 Å². The summed E-state index contributed by atoms with van der Waals surface area (Å²) >= 11 is 0. The van der Waals surface area contributed by atoms with Crippen molar-refractivity contribution < 1.29 is 14.8 Å². The minimum Gasteiger partial charge on any atom is -0.491 e. The third kappa shape index (κ3) is 4.92. The highest BCUT2D eigenvalue weighted by atomic mass is 16.6. The van der Waals surface area contributed by atoms with Gasteiger partial charge in [0.25, 0.3) is 11.2 Å². The maximum Gasteiger partial charge on any atom is 0.294 e. The normalized spacial score (nSPS) is 12.6. The van der Waals surface area contributed by atoms with Crippen LogP contribution in [-0.4, -0.2) is 42.1 Å². The minimum atomic E-state index is -0.959. The van der Waals surface area contributed by atoms with Gasteiger partial charge in [0, 0.05) is 6.07 Å². The van der Waals surface area contributed by atoms with Crippen LogP contribution in [0.25, 0.3) is 16.7 Å². The van der Waals surface area contributed by atoms with E-state index in [1.807, 2.05) is 19.1 Å². The molecule has 0 spiro atoms. The Labute approximate surface area is 201 Å². The standard InChI is InChI=1S/C25H27N5O5/c1-16-11-17(25(2,3)4)9-10-22(16)35-14-18(31)13-28-15-26-23-19(24(28)32)12-27-29(23)20-7-5-6-8-21(20)30(33)34/h5-12,15,18,31H,13-14H2,1-4H3/t18-/m1/s1. The monoisotopic (exact) mass is 477 g/mol. The second-order valence-corrected chi connectivity index (χ2v) is 9.44. The first-order chi connectivity index (χ1) is 16.6. The van der Waals surface area contributed by atoms with Crippen molar-refractivity contribution >= 4 is 16.7 Å². The molecule has 1 atom stereocenters. The van der Waals surface area contributed by atoms with Gasteiger partial charge in [-0.1, -0.05) is 45.0 Å². The molecule has 0 radical (unpaired) electrons. The summed E-state index contributed by atoms with van der Waals surface area (Å²) in [5, 5.41) is 26.2. The Bertz CT molecular complexity index is 1450. The van der Waals surface area contributed by atoms with Crippen LogP contribution in [0, 0.1) is 17.0 Å². The lowest BCUT2D eigenvalue weighted by Gasteiger charge is -2.21. The van der Waals surface area contributed by atoms with Gasteiger partial charge in [0.1, 0.15) is 35.9 Å². The fourth-order valence-electron chi connectivity index (χ4n) is 3.80. The molecule has 0 fully saturated rings. The molecule has 1 N–H and O–H groups in total. The van der Waals surface area contributed by atoms with Gasteiger partial charge in [-0.25, -0.2) is 9.67 Å². The summed E-state index contributed by atoms with van der Waals surface area (Å²) in [6, 6.07) is 12.1. The van der Waals surface area contributed by atoms with Crippen LogP contribution in [0.1, 0.15) is 31.9 Å². The second kappa shape index (κ2) is 9.30. The molecule has 4 rings (SSSR count). The number of benzene rings is 2. The maximum absolute atomic E-state index is 13.0. The second-order valence-electron chi connectivity index (χ2n) is 9.44. The topological polar surface area (TPSA) is 125 Å². The van der Waals surface area contributed by atoms with Crippen molar-refractivity contribution in [1.29, 1.82) is 0 Å². The summed E-state index contributed by atoms with van der Waals surface area (Å²) in [6.07, 6.45) is 1.66. The number of nitrogens with zero attached hydrogens (tertiary/aromatic N) is 5. The van der Waals surface area contributed by atoms with Crippen LogP contribution in [0.15, 0.2) is 59.8 Å². The largest absolute Gasteiger partial charge is 0.491 e. The van der Waals surface area contributed by atoms with Crippen molar-refractivity contribution in [2.24, 2.45) is 0 Å². The highest BCUT2D eigenvalue weighted by Crippen LogP contribution is 2.28. The number of aromatic nitrogens is 4. The highest BCUT2D eigenvalue weighted by Gasteiger charge is 2.20. The molecule has 10 nitrogen and oxygen atoms in total. The third-order valence-corrected chi connectivity index (χ3v) is 5.74. The summed E-state index contributed by atoms with van der Waals surface area (Å²) in [7, 11) is 0. The Hall–Kier alpha value is -4.05. The summed E-state index contributed by atoms with van der Waals surface area (Å²) in [6.45, 7) is 8.33. The van der Waals surface area contributed by atoms with Crippen molar-refractivity contribution in [2.45, 2.75) is 45.8 Å². The predicted octanol–water partition coefficient (Wildman–Crippen LogP) is 3.54. The van der Waals surface area contributed by atoms with E-state index in [0.29, 0.717) is 5.75 Å². The van der Waals surface area contributed by atoms with Crippen LogP contribution >= 0.6 is 0 Å². The molecule has 182 valence electrons. The van der Waals surface area contributed by atoms with Gasteiger partial charge < -0.3 is 9.84 Å². The molecule has 2 aromatic carbocycles. The number of hydrogen-bond acceptors (Lipinski definition) is 7. The summed E-state index contributed by atoms with van der Waals surface area (Å²) in [4.78, 5) is 28.1. The molecule has 2 heterocycles. The van der Waals surface area contributed by atoms with Gasteiger partial charge in [-0.2, -0.15) is 5.10 Å². The van der Waals surface area contributed by atoms with Gasteiger partial charge in [0.2, 0.25) is 0 Å². The lowest BCUT2D eigenvalue weighted by molar-refractivity contribution is -0.384. The smallest absolute Gasteiger partial charge is 0.294 e. The van der Waals surface area contributed by atoms with Crippen LogP contribution in [0.3, 0.4) is 0 Å². The molecule has 0 saturated heterocycles. The first kappa shape index (κ1) is 24.1. The van der Waals surface area contributed by atoms with Gasteiger partial charge in [0.05, 0.1) is 17.7 Å². The number of aliphatic hydroxyl groups excluding tert-OH is 1. The van der Waals surface area contributed by atoms with E-state index in [2.05, 4.69) is 36.9 Å². The van der Waals surface area contributed by atoms with E-state index in [0.717, 1.165) is 5.56 Å².